The molecular weight excluding hydrogens is 310 g/mol. The summed E-state index contributed by atoms with van der Waals surface area (Å²) in [6.07, 6.45) is 2.39. The van der Waals surface area contributed by atoms with E-state index in [1.807, 2.05) is 49.4 Å². The predicted molar refractivity (Wildman–Crippen MR) is 101 cm³/mol. The van der Waals surface area contributed by atoms with Crippen molar-refractivity contribution in [2.45, 2.75) is 25.8 Å². The fraction of sp³-hybridized carbons (Fsp3) is 0.286. The Morgan fingerprint density at radius 2 is 1.96 bits per heavy atom. The summed E-state index contributed by atoms with van der Waals surface area (Å²) in [5.74, 6) is 1.37. The summed E-state index contributed by atoms with van der Waals surface area (Å²) in [7, 11) is 0. The highest BCUT2D eigenvalue weighted by molar-refractivity contribution is 6.05. The molecule has 0 spiro atoms. The molecule has 1 aliphatic heterocycles. The van der Waals surface area contributed by atoms with Crippen LogP contribution in [0.25, 0.3) is 11.1 Å². The predicted octanol–water partition coefficient (Wildman–Crippen LogP) is 4.31. The quantitative estimate of drug-likeness (QED) is 0.819. The molecule has 2 aliphatic rings. The largest absolute Gasteiger partial charge is 0.494 e. The van der Waals surface area contributed by atoms with E-state index < -0.39 is 0 Å². The number of rotatable bonds is 4. The number of hydrogen-bond donors (Lipinski definition) is 2. The second kappa shape index (κ2) is 6.18. The average molecular weight is 331 g/mol. The molecule has 4 nitrogen and oxygen atoms in total. The fourth-order valence-electron chi connectivity index (χ4n) is 3.54. The smallest absolute Gasteiger partial charge is 0.120 e. The van der Waals surface area contributed by atoms with Gasteiger partial charge < -0.3 is 15.8 Å². The van der Waals surface area contributed by atoms with Crippen molar-refractivity contribution >= 4 is 22.5 Å². The first-order valence-electron chi connectivity index (χ1n) is 8.75. The molecular formula is C21H21N3O. The Kier molecular flexibility index (Phi) is 3.85. The minimum Gasteiger partial charge on any atom is -0.494 e. The van der Waals surface area contributed by atoms with E-state index in [-0.39, 0.29) is 6.04 Å². The van der Waals surface area contributed by atoms with E-state index >= 15 is 0 Å². The minimum atomic E-state index is 0.170. The summed E-state index contributed by atoms with van der Waals surface area (Å²) in [6, 6.07) is 16.4. The van der Waals surface area contributed by atoms with Gasteiger partial charge in [0.15, 0.2) is 0 Å². The van der Waals surface area contributed by atoms with Crippen molar-refractivity contribution in [3.8, 4) is 11.8 Å². The Balaban J connectivity index is 1.90. The maximum Gasteiger partial charge on any atom is 0.120 e. The van der Waals surface area contributed by atoms with Gasteiger partial charge in [0.1, 0.15) is 11.8 Å². The van der Waals surface area contributed by atoms with E-state index in [1.165, 1.54) is 12.8 Å². The molecule has 1 atom stereocenters. The van der Waals surface area contributed by atoms with Gasteiger partial charge in [-0.1, -0.05) is 12.1 Å². The zero-order valence-corrected chi connectivity index (χ0v) is 14.3. The van der Waals surface area contributed by atoms with Crippen LogP contribution >= 0.6 is 0 Å². The third-order valence-electron chi connectivity index (χ3n) is 4.89. The van der Waals surface area contributed by atoms with Gasteiger partial charge in [0.05, 0.1) is 18.2 Å². The lowest BCUT2D eigenvalue weighted by atomic mass is 9.84. The molecule has 0 aromatic heterocycles. The molecule has 4 rings (SSSR count). The molecule has 1 fully saturated rings. The zero-order chi connectivity index (χ0) is 17.4. The van der Waals surface area contributed by atoms with E-state index in [4.69, 9.17) is 10.5 Å². The van der Waals surface area contributed by atoms with Crippen LogP contribution in [0.2, 0.25) is 0 Å². The average Bonchev–Trinajstić information content (AvgIpc) is 3.46. The number of nitrogens with one attached hydrogen (secondary N) is 1. The van der Waals surface area contributed by atoms with Crippen LogP contribution in [0.3, 0.4) is 0 Å². The van der Waals surface area contributed by atoms with Gasteiger partial charge in [-0.25, -0.2) is 0 Å². The summed E-state index contributed by atoms with van der Waals surface area (Å²) in [4.78, 5) is 0. The molecule has 25 heavy (non-hydrogen) atoms. The molecule has 1 aliphatic carbocycles. The van der Waals surface area contributed by atoms with Crippen LogP contribution in [0.4, 0.5) is 11.4 Å². The number of benzene rings is 2. The number of anilines is 2. The van der Waals surface area contributed by atoms with Crippen LogP contribution in [0.1, 0.15) is 30.9 Å². The first-order chi connectivity index (χ1) is 12.2. The van der Waals surface area contributed by atoms with Crippen molar-refractivity contribution in [3.05, 3.63) is 53.6 Å². The highest BCUT2D eigenvalue weighted by atomic mass is 16.5. The van der Waals surface area contributed by atoms with Crippen molar-refractivity contribution in [3.63, 3.8) is 0 Å². The van der Waals surface area contributed by atoms with Gasteiger partial charge in [-0.05, 0) is 61.6 Å². The molecule has 0 bridgehead atoms. The number of hydrogen-bond acceptors (Lipinski definition) is 4. The maximum atomic E-state index is 9.96. The lowest BCUT2D eigenvalue weighted by Gasteiger charge is -2.31. The standard InChI is InChI=1S/C21H21N3O/c1-2-25-16-9-10-19-17(11-16)18(12-22)20(21(24-19)14-3-4-14)13-5-7-15(23)8-6-13/h5-11,14,21,24H,2-4,23H2,1H3. The van der Waals surface area contributed by atoms with Crippen LogP contribution in [-0.4, -0.2) is 12.6 Å². The van der Waals surface area contributed by atoms with E-state index in [2.05, 4.69) is 11.4 Å². The third-order valence-corrected chi connectivity index (χ3v) is 4.89. The van der Waals surface area contributed by atoms with Crippen LogP contribution in [-0.2, 0) is 0 Å². The monoisotopic (exact) mass is 331 g/mol. The normalized spacial score (nSPS) is 19.0. The molecule has 2 aromatic carbocycles. The Morgan fingerprint density at radius 3 is 2.60 bits per heavy atom. The second-order valence-corrected chi connectivity index (χ2v) is 6.62. The molecule has 0 amide bonds. The van der Waals surface area contributed by atoms with Gasteiger partial charge in [-0.15, -0.1) is 0 Å². The summed E-state index contributed by atoms with van der Waals surface area (Å²) in [5, 5.41) is 13.6. The summed E-state index contributed by atoms with van der Waals surface area (Å²) in [5.41, 5.74) is 11.4. The molecule has 1 heterocycles. The minimum absolute atomic E-state index is 0.170. The van der Waals surface area contributed by atoms with Crippen molar-refractivity contribution in [1.82, 2.24) is 0 Å². The van der Waals surface area contributed by atoms with Gasteiger partial charge >= 0.3 is 0 Å². The lowest BCUT2D eigenvalue weighted by Crippen LogP contribution is -2.28. The topological polar surface area (TPSA) is 71.1 Å². The van der Waals surface area contributed by atoms with Crippen molar-refractivity contribution < 1.29 is 4.74 Å². The Labute approximate surface area is 147 Å². The first-order valence-corrected chi connectivity index (χ1v) is 8.75. The molecule has 4 heteroatoms. The molecule has 2 aromatic rings. The molecule has 126 valence electrons. The fourth-order valence-corrected chi connectivity index (χ4v) is 3.54. The van der Waals surface area contributed by atoms with Crippen molar-refractivity contribution in [1.29, 1.82) is 5.26 Å². The summed E-state index contributed by atoms with van der Waals surface area (Å²) in [6.45, 7) is 2.56. The van der Waals surface area contributed by atoms with Crippen molar-refractivity contribution in [2.24, 2.45) is 5.92 Å². The SMILES string of the molecule is CCOc1ccc2c(c1)C(C#N)=C(c1ccc(N)cc1)C(C1CC1)N2. The van der Waals surface area contributed by atoms with Gasteiger partial charge in [0.25, 0.3) is 0 Å². The summed E-state index contributed by atoms with van der Waals surface area (Å²) < 4.78 is 5.63. The van der Waals surface area contributed by atoms with Gasteiger partial charge in [-0.2, -0.15) is 5.26 Å². The first kappa shape index (κ1) is 15.6. The molecule has 1 unspecified atom stereocenters. The number of fused-ring (bicyclic) bond motifs is 1. The number of nitrogens with zero attached hydrogens (tertiary/aromatic N) is 1. The molecule has 1 saturated carbocycles. The lowest BCUT2D eigenvalue weighted by molar-refractivity contribution is 0.340. The van der Waals surface area contributed by atoms with E-state index in [0.29, 0.717) is 12.5 Å². The zero-order valence-electron chi connectivity index (χ0n) is 14.3. The van der Waals surface area contributed by atoms with Crippen LogP contribution in [0.5, 0.6) is 5.75 Å². The number of allylic oxidation sites excluding steroid dienone is 1. The van der Waals surface area contributed by atoms with Gasteiger partial charge in [-0.3, -0.25) is 0 Å². The Bertz CT molecular complexity index is 873. The molecule has 0 saturated heterocycles. The number of ether oxygens (including phenoxy) is 1. The van der Waals surface area contributed by atoms with E-state index in [1.54, 1.807) is 0 Å². The third kappa shape index (κ3) is 2.83. The Morgan fingerprint density at radius 1 is 1.20 bits per heavy atom. The van der Waals surface area contributed by atoms with Gasteiger partial charge in [0.2, 0.25) is 0 Å². The van der Waals surface area contributed by atoms with Crippen molar-refractivity contribution in [2.75, 3.05) is 17.7 Å². The highest BCUT2D eigenvalue weighted by Gasteiger charge is 2.38. The van der Waals surface area contributed by atoms with E-state index in [9.17, 15) is 5.26 Å². The summed E-state index contributed by atoms with van der Waals surface area (Å²) >= 11 is 0. The van der Waals surface area contributed by atoms with Crippen LogP contribution in [0.15, 0.2) is 42.5 Å². The maximum absolute atomic E-state index is 9.96. The number of nitrogen functional groups attached to an aromatic ring is 1. The Hall–Kier alpha value is -2.93. The van der Waals surface area contributed by atoms with Gasteiger partial charge in [0, 0.05) is 22.5 Å². The molecule has 0 radical (unpaired) electrons. The second-order valence-electron chi connectivity index (χ2n) is 6.62. The van der Waals surface area contributed by atoms with Crippen LogP contribution < -0.4 is 15.8 Å². The van der Waals surface area contributed by atoms with E-state index in [0.717, 1.165) is 39.4 Å². The highest BCUT2D eigenvalue weighted by Crippen LogP contribution is 2.47. The van der Waals surface area contributed by atoms with Crippen LogP contribution in [0, 0.1) is 17.2 Å². The molecule has 3 N–H and O–H groups in total. The number of nitrogens with two attached hydrogens (primary N) is 1. The number of nitriles is 1.